The van der Waals surface area contributed by atoms with Gasteiger partial charge in [0.05, 0.1) is 5.84 Å². The van der Waals surface area contributed by atoms with Gasteiger partial charge in [-0.25, -0.2) is 0 Å². The van der Waals surface area contributed by atoms with E-state index in [1.807, 2.05) is 0 Å². The van der Waals surface area contributed by atoms with Gasteiger partial charge in [0.15, 0.2) is 0 Å². The molecule has 1 aliphatic carbocycles. The molecule has 2 nitrogen and oxygen atoms in total. The van der Waals surface area contributed by atoms with Crippen molar-refractivity contribution in [3.63, 3.8) is 0 Å². The second-order valence-electron chi connectivity index (χ2n) is 5.51. The van der Waals surface area contributed by atoms with Crippen LogP contribution in [0, 0.1) is 5.92 Å². The van der Waals surface area contributed by atoms with E-state index in [0.717, 1.165) is 12.5 Å². The van der Waals surface area contributed by atoms with E-state index in [-0.39, 0.29) is 0 Å². The maximum Gasteiger partial charge on any atom is 0.0965 e. The summed E-state index contributed by atoms with van der Waals surface area (Å²) in [5, 5.41) is 3.74. The lowest BCUT2D eigenvalue weighted by atomic mass is 9.97. The van der Waals surface area contributed by atoms with Gasteiger partial charge >= 0.3 is 0 Å². The SMILES string of the molecule is CC1CCCCCC1NC1=NCCCCC1. The molecule has 2 unspecified atom stereocenters. The summed E-state index contributed by atoms with van der Waals surface area (Å²) in [7, 11) is 0. The highest BCUT2D eigenvalue weighted by Gasteiger charge is 2.20. The lowest BCUT2D eigenvalue weighted by Gasteiger charge is -2.24. The van der Waals surface area contributed by atoms with Crippen LogP contribution in [0.2, 0.25) is 0 Å². The van der Waals surface area contributed by atoms with Crippen LogP contribution in [-0.2, 0) is 0 Å². The highest BCUT2D eigenvalue weighted by atomic mass is 15.0. The molecular formula is C14H26N2. The Kier molecular flexibility index (Phi) is 4.68. The quantitative estimate of drug-likeness (QED) is 0.674. The smallest absolute Gasteiger partial charge is 0.0965 e. The molecule has 1 saturated carbocycles. The monoisotopic (exact) mass is 222 g/mol. The largest absolute Gasteiger partial charge is 0.371 e. The van der Waals surface area contributed by atoms with Gasteiger partial charge in [-0.2, -0.15) is 0 Å². The fourth-order valence-corrected chi connectivity index (χ4v) is 2.91. The van der Waals surface area contributed by atoms with Crippen molar-refractivity contribution in [2.75, 3.05) is 6.54 Å². The number of nitrogens with one attached hydrogen (secondary N) is 1. The third-order valence-corrected chi connectivity index (χ3v) is 4.09. The van der Waals surface area contributed by atoms with Crippen molar-refractivity contribution in [3.05, 3.63) is 0 Å². The van der Waals surface area contributed by atoms with Crippen LogP contribution in [0.1, 0.15) is 64.7 Å². The van der Waals surface area contributed by atoms with E-state index in [0.29, 0.717) is 6.04 Å². The Morgan fingerprint density at radius 2 is 1.81 bits per heavy atom. The second kappa shape index (κ2) is 6.27. The Labute approximate surface area is 99.9 Å². The molecular weight excluding hydrogens is 196 g/mol. The zero-order valence-corrected chi connectivity index (χ0v) is 10.7. The first-order valence-electron chi connectivity index (χ1n) is 7.16. The molecule has 0 aromatic carbocycles. The lowest BCUT2D eigenvalue weighted by molar-refractivity contribution is 0.398. The van der Waals surface area contributed by atoms with Crippen LogP contribution in [0.4, 0.5) is 0 Å². The summed E-state index contributed by atoms with van der Waals surface area (Å²) in [5.41, 5.74) is 0. The number of hydrogen-bond acceptors (Lipinski definition) is 2. The summed E-state index contributed by atoms with van der Waals surface area (Å²) < 4.78 is 0. The Balaban J connectivity index is 1.88. The van der Waals surface area contributed by atoms with Crippen LogP contribution in [0.5, 0.6) is 0 Å². The van der Waals surface area contributed by atoms with E-state index in [4.69, 9.17) is 0 Å². The van der Waals surface area contributed by atoms with Crippen molar-refractivity contribution in [1.29, 1.82) is 0 Å². The average molecular weight is 222 g/mol. The first-order chi connectivity index (χ1) is 7.86. The first kappa shape index (κ1) is 11.9. The van der Waals surface area contributed by atoms with E-state index in [1.54, 1.807) is 0 Å². The number of nitrogens with zero attached hydrogens (tertiary/aromatic N) is 1. The Morgan fingerprint density at radius 1 is 1.00 bits per heavy atom. The van der Waals surface area contributed by atoms with Crippen LogP contribution in [0.25, 0.3) is 0 Å². The standard InChI is InChI=1S/C14H26N2/c1-12-8-4-2-5-9-13(12)16-14-10-6-3-7-11-15-14/h12-13H,2-11H2,1H3,(H,15,16). The zero-order valence-electron chi connectivity index (χ0n) is 10.7. The van der Waals surface area contributed by atoms with E-state index in [9.17, 15) is 0 Å². The Hall–Kier alpha value is -0.530. The van der Waals surface area contributed by atoms with Crippen LogP contribution >= 0.6 is 0 Å². The summed E-state index contributed by atoms with van der Waals surface area (Å²) in [6.07, 6.45) is 12.1. The van der Waals surface area contributed by atoms with Gasteiger partial charge in [0.1, 0.15) is 0 Å². The summed E-state index contributed by atoms with van der Waals surface area (Å²) in [6, 6.07) is 0.694. The van der Waals surface area contributed by atoms with Gasteiger partial charge in [0.2, 0.25) is 0 Å². The van der Waals surface area contributed by atoms with E-state index in [2.05, 4.69) is 17.2 Å². The third kappa shape index (κ3) is 3.50. The molecule has 2 aliphatic rings. The molecule has 2 heteroatoms. The fourth-order valence-electron chi connectivity index (χ4n) is 2.91. The number of hydrogen-bond donors (Lipinski definition) is 1. The topological polar surface area (TPSA) is 24.4 Å². The van der Waals surface area contributed by atoms with Crippen LogP contribution in [0.3, 0.4) is 0 Å². The summed E-state index contributed by atoms with van der Waals surface area (Å²) in [6.45, 7) is 3.45. The highest BCUT2D eigenvalue weighted by Crippen LogP contribution is 2.23. The Bertz CT molecular complexity index is 235. The van der Waals surface area contributed by atoms with Crippen molar-refractivity contribution >= 4 is 5.84 Å². The molecule has 0 spiro atoms. The molecule has 1 fully saturated rings. The molecule has 0 radical (unpaired) electrons. The summed E-state index contributed by atoms with van der Waals surface area (Å²) >= 11 is 0. The van der Waals surface area contributed by atoms with Gasteiger partial charge < -0.3 is 5.32 Å². The zero-order chi connectivity index (χ0) is 11.2. The van der Waals surface area contributed by atoms with Crippen LogP contribution < -0.4 is 5.32 Å². The molecule has 16 heavy (non-hydrogen) atoms. The molecule has 1 aliphatic heterocycles. The molecule has 0 saturated heterocycles. The van der Waals surface area contributed by atoms with Gasteiger partial charge in [-0.05, 0) is 31.6 Å². The predicted octanol–water partition coefficient (Wildman–Crippen LogP) is 3.52. The fraction of sp³-hybridized carbons (Fsp3) is 0.929. The minimum Gasteiger partial charge on any atom is -0.371 e. The predicted molar refractivity (Wildman–Crippen MR) is 69.9 cm³/mol. The minimum atomic E-state index is 0.694. The first-order valence-corrected chi connectivity index (χ1v) is 7.16. The number of aliphatic imine (C=N–C) groups is 1. The van der Waals surface area contributed by atoms with E-state index >= 15 is 0 Å². The lowest BCUT2D eigenvalue weighted by Crippen LogP contribution is -2.38. The van der Waals surface area contributed by atoms with Crippen molar-refractivity contribution in [1.82, 2.24) is 5.32 Å². The highest BCUT2D eigenvalue weighted by molar-refractivity contribution is 5.82. The molecule has 0 bridgehead atoms. The van der Waals surface area contributed by atoms with Crippen molar-refractivity contribution in [2.45, 2.75) is 70.8 Å². The summed E-state index contributed by atoms with van der Waals surface area (Å²) in [5.74, 6) is 2.13. The molecule has 1 heterocycles. The second-order valence-corrected chi connectivity index (χ2v) is 5.51. The molecule has 0 aromatic rings. The van der Waals surface area contributed by atoms with Gasteiger partial charge in [-0.15, -0.1) is 0 Å². The van der Waals surface area contributed by atoms with Crippen LogP contribution in [0.15, 0.2) is 4.99 Å². The van der Waals surface area contributed by atoms with Gasteiger partial charge in [0, 0.05) is 19.0 Å². The maximum absolute atomic E-state index is 4.69. The van der Waals surface area contributed by atoms with E-state index in [1.165, 1.54) is 63.6 Å². The normalized spacial score (nSPS) is 32.4. The van der Waals surface area contributed by atoms with Gasteiger partial charge in [-0.3, -0.25) is 4.99 Å². The third-order valence-electron chi connectivity index (χ3n) is 4.09. The van der Waals surface area contributed by atoms with Gasteiger partial charge in [-0.1, -0.05) is 32.6 Å². The molecule has 0 aromatic heterocycles. The molecule has 0 amide bonds. The maximum atomic E-state index is 4.69. The van der Waals surface area contributed by atoms with Crippen molar-refractivity contribution in [2.24, 2.45) is 10.9 Å². The Morgan fingerprint density at radius 3 is 2.75 bits per heavy atom. The van der Waals surface area contributed by atoms with Crippen molar-refractivity contribution < 1.29 is 0 Å². The molecule has 2 atom stereocenters. The number of rotatable bonds is 1. The van der Waals surface area contributed by atoms with Crippen molar-refractivity contribution in [3.8, 4) is 0 Å². The molecule has 2 rings (SSSR count). The molecule has 1 N–H and O–H groups in total. The minimum absolute atomic E-state index is 0.694. The van der Waals surface area contributed by atoms with Crippen LogP contribution in [-0.4, -0.2) is 18.4 Å². The number of amidine groups is 1. The molecule has 92 valence electrons. The summed E-state index contributed by atoms with van der Waals surface area (Å²) in [4.78, 5) is 4.69. The van der Waals surface area contributed by atoms with Gasteiger partial charge in [0.25, 0.3) is 0 Å². The van der Waals surface area contributed by atoms with E-state index < -0.39 is 0 Å². The average Bonchev–Trinajstić information content (AvgIpc) is 2.64.